The van der Waals surface area contributed by atoms with Crippen LogP contribution in [0.2, 0.25) is 5.02 Å². The molecular formula is C17H22ClN3O3. The number of benzene rings is 1. The van der Waals surface area contributed by atoms with Crippen molar-refractivity contribution in [3.63, 3.8) is 0 Å². The first-order valence-electron chi connectivity index (χ1n) is 8.16. The van der Waals surface area contributed by atoms with Gasteiger partial charge < -0.3 is 19.2 Å². The van der Waals surface area contributed by atoms with Crippen molar-refractivity contribution in [3.05, 3.63) is 28.6 Å². The minimum atomic E-state index is 0.425. The number of methoxy groups -OCH3 is 2. The Kier molecular flexibility index (Phi) is 5.45. The molecule has 0 spiro atoms. The molecule has 0 radical (unpaired) electrons. The summed E-state index contributed by atoms with van der Waals surface area (Å²) in [5, 5.41) is 11.8. The summed E-state index contributed by atoms with van der Waals surface area (Å²) in [6, 6.07) is 4.12. The quantitative estimate of drug-likeness (QED) is 0.810. The lowest BCUT2D eigenvalue weighted by atomic mass is 10.0. The van der Waals surface area contributed by atoms with Gasteiger partial charge in [0.05, 0.1) is 19.2 Å². The fourth-order valence-corrected chi connectivity index (χ4v) is 3.43. The van der Waals surface area contributed by atoms with Crippen molar-refractivity contribution < 1.29 is 13.9 Å². The first-order valence-corrected chi connectivity index (χ1v) is 8.54. The highest BCUT2D eigenvalue weighted by atomic mass is 35.5. The first kappa shape index (κ1) is 16.9. The molecule has 6 nitrogen and oxygen atoms in total. The number of nitrogens with zero attached hydrogens (tertiary/aromatic N) is 2. The molecule has 1 aromatic carbocycles. The fourth-order valence-electron chi connectivity index (χ4n) is 3.12. The normalized spacial score (nSPS) is 14.8. The van der Waals surface area contributed by atoms with Crippen LogP contribution in [0.5, 0.6) is 11.5 Å². The number of hydrogen-bond donors (Lipinski definition) is 1. The van der Waals surface area contributed by atoms with Crippen LogP contribution in [0.4, 0.5) is 6.01 Å². The maximum atomic E-state index is 6.21. The van der Waals surface area contributed by atoms with Crippen molar-refractivity contribution in [1.82, 2.24) is 10.2 Å². The van der Waals surface area contributed by atoms with E-state index in [0.29, 0.717) is 40.9 Å². The Balaban J connectivity index is 1.61. The number of aromatic nitrogens is 2. The summed E-state index contributed by atoms with van der Waals surface area (Å²) in [4.78, 5) is 0. The molecule has 0 atom stereocenters. The van der Waals surface area contributed by atoms with Crippen molar-refractivity contribution in [2.45, 2.75) is 38.6 Å². The first-order chi connectivity index (χ1) is 11.7. The average molecular weight is 352 g/mol. The van der Waals surface area contributed by atoms with Gasteiger partial charge in [-0.25, -0.2) is 0 Å². The van der Waals surface area contributed by atoms with Crippen LogP contribution in [-0.4, -0.2) is 24.4 Å². The summed E-state index contributed by atoms with van der Waals surface area (Å²) < 4.78 is 16.2. The third-order valence-electron chi connectivity index (χ3n) is 4.34. The lowest BCUT2D eigenvalue weighted by Gasteiger charge is -2.11. The fraction of sp³-hybridized carbons (Fsp3) is 0.529. The molecule has 1 heterocycles. The van der Waals surface area contributed by atoms with E-state index in [2.05, 4.69) is 15.5 Å². The van der Waals surface area contributed by atoms with Gasteiger partial charge >= 0.3 is 6.01 Å². The van der Waals surface area contributed by atoms with Crippen LogP contribution in [0.1, 0.15) is 37.1 Å². The zero-order chi connectivity index (χ0) is 16.9. The molecular weight excluding hydrogens is 330 g/mol. The lowest BCUT2D eigenvalue weighted by Crippen LogP contribution is -2.01. The van der Waals surface area contributed by atoms with Crippen LogP contribution in [0.25, 0.3) is 0 Å². The zero-order valence-corrected chi connectivity index (χ0v) is 14.7. The van der Waals surface area contributed by atoms with Gasteiger partial charge in [0.1, 0.15) is 0 Å². The molecule has 0 unspecified atom stereocenters. The topological polar surface area (TPSA) is 69.4 Å². The van der Waals surface area contributed by atoms with Crippen molar-refractivity contribution in [2.75, 3.05) is 19.5 Å². The SMILES string of the molecule is COc1cc(CNc2nnc(CC3CCCC3)o2)cc(Cl)c1OC. The maximum absolute atomic E-state index is 6.21. The van der Waals surface area contributed by atoms with Crippen molar-refractivity contribution in [3.8, 4) is 11.5 Å². The van der Waals surface area contributed by atoms with Crippen LogP contribution in [0, 0.1) is 5.92 Å². The third kappa shape index (κ3) is 3.93. The van der Waals surface area contributed by atoms with Gasteiger partial charge in [0.2, 0.25) is 5.89 Å². The van der Waals surface area contributed by atoms with Gasteiger partial charge in [-0.1, -0.05) is 29.5 Å². The molecule has 0 saturated heterocycles. The van der Waals surface area contributed by atoms with Crippen molar-refractivity contribution in [1.29, 1.82) is 0 Å². The smallest absolute Gasteiger partial charge is 0.315 e. The van der Waals surface area contributed by atoms with Crippen LogP contribution < -0.4 is 14.8 Å². The standard InChI is InChI=1S/C17H22ClN3O3/c1-22-14-8-12(7-13(18)16(14)23-2)10-19-17-21-20-15(24-17)9-11-5-3-4-6-11/h7-8,11H,3-6,9-10H2,1-2H3,(H,19,21). The number of halogens is 1. The van der Waals surface area contributed by atoms with E-state index in [0.717, 1.165) is 12.0 Å². The van der Waals surface area contributed by atoms with Crippen LogP contribution in [0.15, 0.2) is 16.5 Å². The molecule has 1 saturated carbocycles. The Morgan fingerprint density at radius 2 is 2.00 bits per heavy atom. The van der Waals surface area contributed by atoms with Gasteiger partial charge in [0.25, 0.3) is 0 Å². The Morgan fingerprint density at radius 1 is 1.21 bits per heavy atom. The van der Waals surface area contributed by atoms with E-state index < -0.39 is 0 Å². The molecule has 0 bridgehead atoms. The van der Waals surface area contributed by atoms with Gasteiger partial charge in [-0.2, -0.15) is 0 Å². The maximum Gasteiger partial charge on any atom is 0.315 e. The molecule has 1 aromatic heterocycles. The largest absolute Gasteiger partial charge is 0.493 e. The summed E-state index contributed by atoms with van der Waals surface area (Å²) >= 11 is 6.21. The molecule has 24 heavy (non-hydrogen) atoms. The summed E-state index contributed by atoms with van der Waals surface area (Å²) in [6.45, 7) is 0.505. The molecule has 7 heteroatoms. The number of hydrogen-bond acceptors (Lipinski definition) is 6. The zero-order valence-electron chi connectivity index (χ0n) is 14.0. The van der Waals surface area contributed by atoms with E-state index in [-0.39, 0.29) is 0 Å². The van der Waals surface area contributed by atoms with Gasteiger partial charge in [0, 0.05) is 13.0 Å². The Bertz CT molecular complexity index is 684. The molecule has 3 rings (SSSR count). The van der Waals surface area contributed by atoms with Crippen LogP contribution in [-0.2, 0) is 13.0 Å². The lowest BCUT2D eigenvalue weighted by molar-refractivity contribution is 0.354. The minimum Gasteiger partial charge on any atom is -0.493 e. The van der Waals surface area contributed by atoms with E-state index in [1.165, 1.54) is 25.7 Å². The predicted octanol–water partition coefficient (Wildman–Crippen LogP) is 4.09. The molecule has 1 N–H and O–H groups in total. The molecule has 130 valence electrons. The molecule has 1 fully saturated rings. The molecule has 0 amide bonds. The van der Waals surface area contributed by atoms with Gasteiger partial charge in [-0.3, -0.25) is 0 Å². The Labute approximate surface area is 146 Å². The Morgan fingerprint density at radius 3 is 2.71 bits per heavy atom. The van der Waals surface area contributed by atoms with E-state index in [1.54, 1.807) is 14.2 Å². The van der Waals surface area contributed by atoms with E-state index >= 15 is 0 Å². The summed E-state index contributed by atoms with van der Waals surface area (Å²) in [5.74, 6) is 2.51. The molecule has 2 aromatic rings. The van der Waals surface area contributed by atoms with E-state index in [9.17, 15) is 0 Å². The third-order valence-corrected chi connectivity index (χ3v) is 4.62. The second-order valence-corrected chi connectivity index (χ2v) is 6.43. The number of anilines is 1. The van der Waals surface area contributed by atoms with Gasteiger partial charge in [-0.15, -0.1) is 5.10 Å². The van der Waals surface area contributed by atoms with E-state index in [4.69, 9.17) is 25.5 Å². The summed E-state index contributed by atoms with van der Waals surface area (Å²) in [6.07, 6.45) is 6.01. The number of nitrogens with one attached hydrogen (secondary N) is 1. The predicted molar refractivity (Wildman–Crippen MR) is 91.8 cm³/mol. The molecule has 1 aliphatic rings. The van der Waals surface area contributed by atoms with Gasteiger partial charge in [-0.05, 0) is 36.5 Å². The van der Waals surface area contributed by atoms with Gasteiger partial charge in [0.15, 0.2) is 11.5 Å². The number of rotatable bonds is 7. The van der Waals surface area contributed by atoms with Crippen LogP contribution >= 0.6 is 11.6 Å². The number of ether oxygens (including phenoxy) is 2. The summed E-state index contributed by atoms with van der Waals surface area (Å²) in [5.41, 5.74) is 0.938. The second-order valence-electron chi connectivity index (χ2n) is 6.02. The van der Waals surface area contributed by atoms with Crippen molar-refractivity contribution in [2.24, 2.45) is 5.92 Å². The second kappa shape index (κ2) is 7.75. The summed E-state index contributed by atoms with van der Waals surface area (Å²) in [7, 11) is 3.14. The highest BCUT2D eigenvalue weighted by molar-refractivity contribution is 6.32. The molecule has 1 aliphatic carbocycles. The van der Waals surface area contributed by atoms with Crippen molar-refractivity contribution >= 4 is 17.6 Å². The average Bonchev–Trinajstić information content (AvgIpc) is 3.24. The Hall–Kier alpha value is -1.95. The minimum absolute atomic E-state index is 0.425. The monoisotopic (exact) mass is 351 g/mol. The highest BCUT2D eigenvalue weighted by Gasteiger charge is 2.18. The molecule has 0 aliphatic heterocycles. The van der Waals surface area contributed by atoms with Crippen LogP contribution in [0.3, 0.4) is 0 Å². The highest BCUT2D eigenvalue weighted by Crippen LogP contribution is 2.36. The van der Waals surface area contributed by atoms with E-state index in [1.807, 2.05) is 12.1 Å².